The van der Waals surface area contributed by atoms with Crippen LogP contribution in [-0.4, -0.2) is 47.5 Å². The second kappa shape index (κ2) is 9.24. The van der Waals surface area contributed by atoms with Crippen molar-refractivity contribution < 1.29 is 8.95 Å². The van der Waals surface area contributed by atoms with Gasteiger partial charge in [-0.25, -0.2) is 5.06 Å². The third-order valence-electron chi connectivity index (χ3n) is 9.93. The van der Waals surface area contributed by atoms with Crippen LogP contribution in [-0.2, 0) is 8.95 Å². The minimum absolute atomic E-state index is 0.0516. The summed E-state index contributed by atoms with van der Waals surface area (Å²) in [5.41, 5.74) is 0.406. The van der Waals surface area contributed by atoms with Crippen molar-refractivity contribution in [3.63, 3.8) is 0 Å². The van der Waals surface area contributed by atoms with Crippen LogP contribution in [0, 0.1) is 23.2 Å². The van der Waals surface area contributed by atoms with Crippen molar-refractivity contribution in [3.05, 3.63) is 30.3 Å². The van der Waals surface area contributed by atoms with Crippen molar-refractivity contribution in [1.82, 2.24) is 0 Å². The third kappa shape index (κ3) is 4.77. The molecule has 0 amide bonds. The lowest BCUT2D eigenvalue weighted by Crippen LogP contribution is -2.79. The molecule has 1 saturated heterocycles. The van der Waals surface area contributed by atoms with E-state index in [9.17, 15) is 0 Å². The molecule has 1 atom stereocenters. The van der Waals surface area contributed by atoms with Gasteiger partial charge in [0.2, 0.25) is 0 Å². The summed E-state index contributed by atoms with van der Waals surface area (Å²) in [4.78, 5) is 5.94. The number of hydrogen-bond donors (Lipinski definition) is 0. The predicted octanol–water partition coefficient (Wildman–Crippen LogP) is 8.76. The van der Waals surface area contributed by atoms with E-state index in [1.165, 1.54) is 49.5 Å². The van der Waals surface area contributed by atoms with Gasteiger partial charge in [-0.1, -0.05) is 57.5 Å². The Morgan fingerprint density at radius 2 is 1.28 bits per heavy atom. The highest BCUT2D eigenvalue weighted by Crippen LogP contribution is 2.68. The second-order valence-electron chi connectivity index (χ2n) is 17.6. The SMILES string of the molecule is CC(C)(C)N=C1C(O[Si](C)(C)C)(C23CC4CC(CC(C4)C2)C3)N(c2ccccc2)O[Si]1([Si](C)(C)C)[Si](C)(C)C. The van der Waals surface area contributed by atoms with Gasteiger partial charge in [-0.3, -0.25) is 4.99 Å². The van der Waals surface area contributed by atoms with E-state index in [4.69, 9.17) is 13.9 Å². The summed E-state index contributed by atoms with van der Waals surface area (Å²) >= 11 is 0. The standard InChI is InChI=1S/C31H56N2O2Si4/c1-29(2,3)32-28-31(34-36(4,5)6,30-21-24-18-25(22-30)20-26(19-24)23-30)33(27-16-14-13-15-17-27)35-39(28,37(7,8)9)38(10,11)12/h13-17,24-26H,18-23H2,1-12H3. The van der Waals surface area contributed by atoms with Crippen LogP contribution < -0.4 is 5.06 Å². The number of aliphatic imine (C=N–C) groups is 1. The topological polar surface area (TPSA) is 34.1 Å². The van der Waals surface area contributed by atoms with E-state index in [-0.39, 0.29) is 11.0 Å². The first-order chi connectivity index (χ1) is 17.7. The summed E-state index contributed by atoms with van der Waals surface area (Å²) < 4.78 is 15.9. The minimum Gasteiger partial charge on any atom is -0.389 e. The van der Waals surface area contributed by atoms with Gasteiger partial charge in [0.25, 0.3) is 7.35 Å². The fourth-order valence-electron chi connectivity index (χ4n) is 9.61. The first-order valence-corrected chi connectivity index (χ1v) is 29.9. The van der Waals surface area contributed by atoms with Gasteiger partial charge in [-0.05, 0) is 109 Å². The molecule has 4 nitrogen and oxygen atoms in total. The van der Waals surface area contributed by atoms with Crippen LogP contribution in [0.15, 0.2) is 35.3 Å². The van der Waals surface area contributed by atoms with Gasteiger partial charge in [0.05, 0.1) is 31.7 Å². The molecule has 5 fully saturated rings. The first-order valence-electron chi connectivity index (χ1n) is 15.6. The molecule has 1 aromatic rings. The molecule has 8 heteroatoms. The van der Waals surface area contributed by atoms with Crippen LogP contribution in [0.3, 0.4) is 0 Å². The van der Waals surface area contributed by atoms with E-state index in [0.717, 1.165) is 17.8 Å². The van der Waals surface area contributed by atoms with Gasteiger partial charge in [-0.2, -0.15) is 0 Å². The highest BCUT2D eigenvalue weighted by atomic mass is 29.7. The maximum Gasteiger partial charge on any atom is 0.252 e. The first kappa shape index (κ1) is 30.0. The van der Waals surface area contributed by atoms with Crippen LogP contribution >= 0.6 is 0 Å². The van der Waals surface area contributed by atoms with Crippen molar-refractivity contribution in [2.45, 2.75) is 129 Å². The predicted molar refractivity (Wildman–Crippen MR) is 177 cm³/mol. The molecule has 1 aromatic carbocycles. The maximum absolute atomic E-state index is 7.94. The Labute approximate surface area is 243 Å². The van der Waals surface area contributed by atoms with Crippen molar-refractivity contribution in [2.75, 3.05) is 5.06 Å². The second-order valence-corrected chi connectivity index (χ2v) is 47.8. The number of rotatable bonds is 6. The number of anilines is 1. The summed E-state index contributed by atoms with van der Waals surface area (Å²) in [5.74, 6) is 2.46. The molecule has 39 heavy (non-hydrogen) atoms. The fraction of sp³-hybridized carbons (Fsp3) is 0.774. The molecule has 4 saturated carbocycles. The average molecular weight is 601 g/mol. The summed E-state index contributed by atoms with van der Waals surface area (Å²) in [6.07, 6.45) is 8.06. The minimum atomic E-state index is -2.56. The Morgan fingerprint density at radius 3 is 1.67 bits per heavy atom. The summed E-state index contributed by atoms with van der Waals surface area (Å²) in [6.45, 7) is 29.6. The zero-order valence-electron chi connectivity index (χ0n) is 27.1. The number of para-hydroxylation sites is 1. The summed E-state index contributed by atoms with van der Waals surface area (Å²) in [7, 11) is -8.39. The number of hydrogen-bond acceptors (Lipinski definition) is 4. The van der Waals surface area contributed by atoms with Crippen molar-refractivity contribution in [2.24, 2.45) is 28.2 Å². The molecule has 218 valence electrons. The molecule has 0 N–H and O–H groups in total. The van der Waals surface area contributed by atoms with Crippen molar-refractivity contribution >= 4 is 41.9 Å². The quantitative estimate of drug-likeness (QED) is 0.306. The fourth-order valence-corrected chi connectivity index (χ4v) is 52.0. The highest BCUT2D eigenvalue weighted by molar-refractivity contribution is 7.76. The maximum atomic E-state index is 7.94. The van der Waals surface area contributed by atoms with Gasteiger partial charge >= 0.3 is 0 Å². The van der Waals surface area contributed by atoms with E-state index in [2.05, 4.69) is 115 Å². The van der Waals surface area contributed by atoms with Crippen molar-refractivity contribution in [3.8, 4) is 0 Å². The molecule has 1 heterocycles. The Balaban J connectivity index is 1.93. The molecular formula is C31H56N2O2Si4. The molecule has 0 spiro atoms. The Morgan fingerprint density at radius 1 is 0.821 bits per heavy atom. The molecule has 1 aliphatic heterocycles. The molecule has 5 aliphatic rings. The van der Waals surface area contributed by atoms with Gasteiger partial charge < -0.3 is 8.95 Å². The van der Waals surface area contributed by atoms with E-state index in [0.29, 0.717) is 0 Å². The molecule has 6 rings (SSSR count). The van der Waals surface area contributed by atoms with Crippen LogP contribution in [0.25, 0.3) is 0 Å². The normalized spacial score (nSPS) is 35.7. The van der Waals surface area contributed by atoms with Crippen LogP contribution in [0.2, 0.25) is 58.9 Å². The lowest BCUT2D eigenvalue weighted by molar-refractivity contribution is -0.152. The van der Waals surface area contributed by atoms with Gasteiger partial charge in [0.1, 0.15) is 0 Å². The van der Waals surface area contributed by atoms with Gasteiger partial charge in [0.15, 0.2) is 14.0 Å². The van der Waals surface area contributed by atoms with Gasteiger partial charge in [0, 0.05) is 5.41 Å². The van der Waals surface area contributed by atoms with Crippen LogP contribution in [0.1, 0.15) is 59.3 Å². The van der Waals surface area contributed by atoms with Crippen LogP contribution in [0.5, 0.6) is 0 Å². The number of nitrogens with zero attached hydrogens (tertiary/aromatic N) is 2. The molecule has 0 radical (unpaired) electrons. The number of benzene rings is 1. The lowest BCUT2D eigenvalue weighted by Gasteiger charge is -2.64. The summed E-state index contributed by atoms with van der Waals surface area (Å²) in [5, 5.41) is 3.83. The smallest absolute Gasteiger partial charge is 0.252 e. The zero-order valence-corrected chi connectivity index (χ0v) is 31.1. The lowest BCUT2D eigenvalue weighted by atomic mass is 9.46. The largest absolute Gasteiger partial charge is 0.389 e. The Hall–Kier alpha value is -0.522. The number of hydroxylamine groups is 1. The van der Waals surface area contributed by atoms with E-state index in [1.807, 2.05) is 0 Å². The molecule has 4 bridgehead atoms. The van der Waals surface area contributed by atoms with Crippen LogP contribution in [0.4, 0.5) is 5.69 Å². The Bertz CT molecular complexity index is 1060. The average Bonchev–Trinajstić information content (AvgIpc) is 3.03. The molecule has 4 aliphatic carbocycles. The van der Waals surface area contributed by atoms with Crippen molar-refractivity contribution in [1.29, 1.82) is 0 Å². The van der Waals surface area contributed by atoms with Gasteiger partial charge in [-0.15, -0.1) is 0 Å². The third-order valence-corrected chi connectivity index (χ3v) is 44.8. The highest BCUT2D eigenvalue weighted by Gasteiger charge is 2.79. The molecule has 0 aromatic heterocycles. The zero-order chi connectivity index (χ0) is 28.9. The summed E-state index contributed by atoms with van der Waals surface area (Å²) in [6, 6.07) is 11.1. The molecular weight excluding hydrogens is 545 g/mol. The Kier molecular flexibility index (Phi) is 7.09. The monoisotopic (exact) mass is 600 g/mol. The van der Waals surface area contributed by atoms with E-state index >= 15 is 0 Å². The van der Waals surface area contributed by atoms with E-state index < -0.39 is 36.6 Å². The van der Waals surface area contributed by atoms with E-state index in [1.54, 1.807) is 0 Å². The molecule has 1 unspecified atom stereocenters.